The summed E-state index contributed by atoms with van der Waals surface area (Å²) < 4.78 is 42.5. The summed E-state index contributed by atoms with van der Waals surface area (Å²) in [5.74, 6) is 1.83. The van der Waals surface area contributed by atoms with Gasteiger partial charge in [-0.25, -0.2) is 8.78 Å². The third-order valence-electron chi connectivity index (χ3n) is 6.20. The molecule has 0 saturated heterocycles. The molecule has 0 aromatic heterocycles. The molecule has 0 fully saturated rings. The van der Waals surface area contributed by atoms with Crippen LogP contribution in [0.5, 0.6) is 23.0 Å². The lowest BCUT2D eigenvalue weighted by Crippen LogP contribution is -2.32. The quantitative estimate of drug-likeness (QED) is 0.395. The monoisotopic (exact) mass is 491 g/mol. The Morgan fingerprint density at radius 1 is 1.08 bits per heavy atom. The van der Waals surface area contributed by atoms with Gasteiger partial charge in [-0.15, -0.1) is 0 Å². The van der Waals surface area contributed by atoms with Gasteiger partial charge in [-0.2, -0.15) is 0 Å². The molecule has 0 spiro atoms. The number of halogens is 2. The number of alkyl halides is 2. The molecule has 0 radical (unpaired) electrons. The van der Waals surface area contributed by atoms with Crippen LogP contribution < -0.4 is 19.5 Å². The van der Waals surface area contributed by atoms with Crippen LogP contribution in [0.1, 0.15) is 37.5 Å². The molecule has 0 bridgehead atoms. The lowest BCUT2D eigenvalue weighted by Gasteiger charge is -2.35. The molecule has 36 heavy (non-hydrogen) atoms. The zero-order valence-electron chi connectivity index (χ0n) is 20.5. The number of nitrogens with one attached hydrogen (secondary N) is 1. The van der Waals surface area contributed by atoms with Crippen LogP contribution in [0.25, 0.3) is 28.5 Å². The van der Waals surface area contributed by atoms with E-state index >= 15 is 0 Å². The number of rotatable bonds is 5. The van der Waals surface area contributed by atoms with E-state index in [1.54, 1.807) is 24.3 Å². The van der Waals surface area contributed by atoms with Crippen molar-refractivity contribution in [2.45, 2.75) is 32.7 Å². The Labute approximate surface area is 208 Å². The first kappa shape index (κ1) is 23.7. The normalized spacial score (nSPS) is 16.3. The van der Waals surface area contributed by atoms with E-state index in [9.17, 15) is 13.9 Å². The molecule has 2 heterocycles. The number of fused-ring (bicyclic) bond motifs is 5. The highest BCUT2D eigenvalue weighted by Gasteiger charge is 2.33. The van der Waals surface area contributed by atoms with Gasteiger partial charge in [0.1, 0.15) is 23.9 Å². The smallest absolute Gasteiger partial charge is 0.272 e. The summed E-state index contributed by atoms with van der Waals surface area (Å²) in [6.45, 7) is 5.60. The van der Waals surface area contributed by atoms with Crippen LogP contribution in [0.4, 0.5) is 14.5 Å². The van der Waals surface area contributed by atoms with Gasteiger partial charge in [-0.05, 0) is 68.3 Å². The third kappa shape index (κ3) is 4.26. The molecule has 186 valence electrons. The number of methoxy groups -OCH3 is 1. The molecular formula is C29H27F2NO4. The van der Waals surface area contributed by atoms with E-state index in [2.05, 4.69) is 32.2 Å². The highest BCUT2D eigenvalue weighted by Crippen LogP contribution is 2.54. The van der Waals surface area contributed by atoms with Gasteiger partial charge in [-0.1, -0.05) is 24.3 Å². The van der Waals surface area contributed by atoms with E-state index in [0.717, 1.165) is 33.5 Å². The largest absolute Gasteiger partial charge is 0.504 e. The summed E-state index contributed by atoms with van der Waals surface area (Å²) in [6, 6.07) is 14.2. The zero-order chi connectivity index (χ0) is 25.6. The SMILES string of the molecule is COc1c(O)ccc2c1-c1ccc3c(c1/C(=C/c1cccc(OCC(F)F)c1)O2)C(C)=CC(C)(C)N3. The molecule has 2 aliphatic heterocycles. The molecule has 0 saturated carbocycles. The van der Waals surface area contributed by atoms with Crippen molar-refractivity contribution in [3.8, 4) is 34.1 Å². The topological polar surface area (TPSA) is 60.0 Å². The van der Waals surface area contributed by atoms with E-state index in [1.807, 2.05) is 24.3 Å². The maximum atomic E-state index is 12.6. The summed E-state index contributed by atoms with van der Waals surface area (Å²) in [6.07, 6.45) is 1.48. The van der Waals surface area contributed by atoms with Crippen LogP contribution in [0.3, 0.4) is 0 Å². The fourth-order valence-electron chi connectivity index (χ4n) is 4.95. The number of benzene rings is 3. The second kappa shape index (κ2) is 8.90. The van der Waals surface area contributed by atoms with Gasteiger partial charge in [0.2, 0.25) is 0 Å². The van der Waals surface area contributed by atoms with Crippen molar-refractivity contribution in [1.82, 2.24) is 0 Å². The number of phenols is 1. The van der Waals surface area contributed by atoms with Gasteiger partial charge in [0.15, 0.2) is 11.5 Å². The molecule has 2 N–H and O–H groups in total. The van der Waals surface area contributed by atoms with Crippen molar-refractivity contribution in [2.24, 2.45) is 0 Å². The van der Waals surface area contributed by atoms with Crippen molar-refractivity contribution in [3.05, 3.63) is 71.3 Å². The van der Waals surface area contributed by atoms with Gasteiger partial charge in [-0.3, -0.25) is 0 Å². The maximum Gasteiger partial charge on any atom is 0.272 e. The van der Waals surface area contributed by atoms with Crippen LogP contribution in [0, 0.1) is 0 Å². The van der Waals surface area contributed by atoms with Crippen molar-refractivity contribution in [1.29, 1.82) is 0 Å². The van der Waals surface area contributed by atoms with Crippen LogP contribution >= 0.6 is 0 Å². The minimum Gasteiger partial charge on any atom is -0.504 e. The minimum atomic E-state index is -2.55. The van der Waals surface area contributed by atoms with Gasteiger partial charge < -0.3 is 24.6 Å². The fraction of sp³-hybridized carbons (Fsp3) is 0.241. The van der Waals surface area contributed by atoms with Crippen molar-refractivity contribution >= 4 is 23.1 Å². The first-order valence-electron chi connectivity index (χ1n) is 11.6. The number of aromatic hydroxyl groups is 1. The molecule has 0 unspecified atom stereocenters. The first-order valence-corrected chi connectivity index (χ1v) is 11.6. The van der Waals surface area contributed by atoms with Gasteiger partial charge in [0.05, 0.1) is 18.2 Å². The van der Waals surface area contributed by atoms with Gasteiger partial charge in [0.25, 0.3) is 6.43 Å². The Hall–Kier alpha value is -4.00. The molecule has 5 rings (SSSR count). The number of allylic oxidation sites excluding steroid dienone is 1. The number of anilines is 1. The molecule has 3 aromatic carbocycles. The molecule has 7 heteroatoms. The fourth-order valence-corrected chi connectivity index (χ4v) is 4.95. The van der Waals surface area contributed by atoms with Crippen LogP contribution in [-0.2, 0) is 0 Å². The average molecular weight is 492 g/mol. The van der Waals surface area contributed by atoms with Crippen LogP contribution in [0.2, 0.25) is 0 Å². The Morgan fingerprint density at radius 2 is 1.89 bits per heavy atom. The van der Waals surface area contributed by atoms with Gasteiger partial charge >= 0.3 is 0 Å². The number of hydrogen-bond donors (Lipinski definition) is 2. The number of hydrogen-bond acceptors (Lipinski definition) is 5. The number of ether oxygens (including phenoxy) is 3. The molecule has 2 aliphatic rings. The summed E-state index contributed by atoms with van der Waals surface area (Å²) in [5, 5.41) is 14.1. The zero-order valence-corrected chi connectivity index (χ0v) is 20.5. The molecule has 0 amide bonds. The maximum absolute atomic E-state index is 12.6. The Kier molecular flexibility index (Phi) is 5.86. The predicted octanol–water partition coefficient (Wildman–Crippen LogP) is 7.21. The van der Waals surface area contributed by atoms with Crippen molar-refractivity contribution < 1.29 is 28.1 Å². The Bertz CT molecular complexity index is 1410. The predicted molar refractivity (Wildman–Crippen MR) is 138 cm³/mol. The minimum absolute atomic E-state index is 0.0198. The summed E-state index contributed by atoms with van der Waals surface area (Å²) in [5.41, 5.74) is 5.91. The van der Waals surface area contributed by atoms with E-state index < -0.39 is 13.0 Å². The van der Waals surface area contributed by atoms with Crippen LogP contribution in [0.15, 0.2) is 54.6 Å². The van der Waals surface area contributed by atoms with Crippen molar-refractivity contribution in [2.75, 3.05) is 19.0 Å². The molecule has 3 aromatic rings. The standard InChI is InChI=1S/C29H27F2NO4/c1-16-14-29(2,3)32-20-9-8-19-26(25(16)20)23(36-22-11-10-21(33)28(34-4)27(19)22)13-17-6-5-7-18(12-17)35-15-24(30)31/h5-14,24,32-33H,15H2,1-4H3/b23-13-. The Morgan fingerprint density at radius 3 is 2.64 bits per heavy atom. The highest BCUT2D eigenvalue weighted by atomic mass is 19.3. The summed E-state index contributed by atoms with van der Waals surface area (Å²) in [4.78, 5) is 0. The molecular weight excluding hydrogens is 464 g/mol. The second-order valence-electron chi connectivity index (χ2n) is 9.46. The average Bonchev–Trinajstić information content (AvgIpc) is 2.82. The lowest BCUT2D eigenvalue weighted by atomic mass is 9.83. The van der Waals surface area contributed by atoms with Crippen LogP contribution in [-0.4, -0.2) is 30.8 Å². The summed E-state index contributed by atoms with van der Waals surface area (Å²) >= 11 is 0. The molecule has 5 nitrogen and oxygen atoms in total. The van der Waals surface area contributed by atoms with E-state index in [1.165, 1.54) is 13.2 Å². The molecule has 0 aliphatic carbocycles. The van der Waals surface area contributed by atoms with Crippen molar-refractivity contribution in [3.63, 3.8) is 0 Å². The van der Waals surface area contributed by atoms with Gasteiger partial charge in [0, 0.05) is 22.4 Å². The van der Waals surface area contributed by atoms with E-state index in [-0.39, 0.29) is 11.3 Å². The van der Waals surface area contributed by atoms with E-state index in [0.29, 0.717) is 28.6 Å². The van der Waals surface area contributed by atoms with E-state index in [4.69, 9.17) is 14.2 Å². The molecule has 0 atom stereocenters. The lowest BCUT2D eigenvalue weighted by molar-refractivity contribution is 0.0819. The first-order chi connectivity index (χ1) is 17.2. The summed E-state index contributed by atoms with van der Waals surface area (Å²) in [7, 11) is 1.51. The highest BCUT2D eigenvalue weighted by molar-refractivity contribution is 6.02. The Balaban J connectivity index is 1.72. The second-order valence-corrected chi connectivity index (χ2v) is 9.46. The third-order valence-corrected chi connectivity index (χ3v) is 6.20. The number of phenolic OH excluding ortho intramolecular Hbond substituents is 1.